The number of nitrogens with two attached hydrogens (primary N) is 4. The minimum atomic E-state index is -0.401. The molecule has 14 N–H and O–H groups in total. The second-order valence-corrected chi connectivity index (χ2v) is 14.7. The molecule has 0 saturated carbocycles. The van der Waals surface area contributed by atoms with Crippen molar-refractivity contribution in [3.8, 4) is 0 Å². The monoisotopic (exact) mass is 900 g/mol. The third-order valence-electron chi connectivity index (χ3n) is 9.49. The predicted octanol–water partition coefficient (Wildman–Crippen LogP) is -6.28. The normalized spacial score (nSPS) is 10.5. The van der Waals surface area contributed by atoms with Crippen molar-refractivity contribution in [3.63, 3.8) is 0 Å². The third kappa shape index (κ3) is 15.8. The van der Waals surface area contributed by atoms with E-state index in [0.717, 1.165) is 25.7 Å². The smallest absolute Gasteiger partial charge is 0.272 e. The molecule has 0 atom stereocenters. The quantitative estimate of drug-likeness (QED) is 0.0194. The van der Waals surface area contributed by atoms with Crippen molar-refractivity contribution in [2.75, 3.05) is 34.4 Å². The van der Waals surface area contributed by atoms with Gasteiger partial charge in [-0.15, -0.1) is 0 Å². The van der Waals surface area contributed by atoms with E-state index < -0.39 is 11.8 Å². The van der Waals surface area contributed by atoms with Crippen LogP contribution in [0.15, 0.2) is 49.1 Å². The van der Waals surface area contributed by atoms with Gasteiger partial charge in [-0.1, -0.05) is 25.7 Å². The summed E-state index contributed by atoms with van der Waals surface area (Å²) >= 11 is 0. The number of amidine groups is 2. The van der Waals surface area contributed by atoms with E-state index in [4.69, 9.17) is 22.3 Å². The lowest BCUT2D eigenvalue weighted by Gasteiger charge is -2.04. The van der Waals surface area contributed by atoms with Crippen LogP contribution in [0.3, 0.4) is 0 Å². The number of rotatable bonds is 23. The van der Waals surface area contributed by atoms with Gasteiger partial charge in [0.1, 0.15) is 22.8 Å². The lowest BCUT2D eigenvalue weighted by atomic mass is 10.1. The van der Waals surface area contributed by atoms with E-state index in [0.29, 0.717) is 84.1 Å². The van der Waals surface area contributed by atoms with Gasteiger partial charge in [0.25, 0.3) is 23.6 Å². The standard InChI is InChI=1S/C40H56N14O6.2ClH/c1-51-23-27(19-29(51)37(57)45-15-13-33(41)42)49-39(59)31-17-25(21-53(31)3)47-35(55)11-9-7-5-6-8-10-12-36(56)48-26-18-32(54(4)22-26)40(60)50-28-20-30(52(2)24-28)38(58)46-16-14-34(43)44;;/h17-24H,5-16H2,1-4H3,(H3,41,42)(H3,43,44)(H,45,57)(H,46,58)(H,47,55)(H,48,56)(H,49,59)(H,50,60);2*1H. The summed E-state index contributed by atoms with van der Waals surface area (Å²) in [6, 6.07) is 6.32. The van der Waals surface area contributed by atoms with E-state index in [1.54, 1.807) is 95.5 Å². The predicted molar refractivity (Wildman–Crippen MR) is 228 cm³/mol. The van der Waals surface area contributed by atoms with Crippen LogP contribution >= 0.6 is 0 Å². The van der Waals surface area contributed by atoms with E-state index in [1.165, 1.54) is 0 Å². The van der Waals surface area contributed by atoms with Crippen LogP contribution in [-0.4, -0.2) is 78.5 Å². The minimum Gasteiger partial charge on any atom is -1.00 e. The Morgan fingerprint density at radius 2 is 0.726 bits per heavy atom. The lowest BCUT2D eigenvalue weighted by molar-refractivity contribution is -0.118. The maximum atomic E-state index is 13.0. The Morgan fingerprint density at radius 3 is 1.03 bits per heavy atom. The van der Waals surface area contributed by atoms with E-state index in [2.05, 4.69) is 31.9 Å². The Labute approximate surface area is 372 Å². The summed E-state index contributed by atoms with van der Waals surface area (Å²) in [5.41, 5.74) is 14.1. The SMILES string of the molecule is Cn1cc(NC(=O)c2cc(NC(=O)CCCCCCCCC(=O)Nc3cc(C(=O)Nc4cc(C(=O)NCCC(N)=[NH2+])n(C)c4)n(C)c3)cn2C)cc1C(=O)NCCC(N)=[NH2+].[Cl-].[Cl-]. The van der Waals surface area contributed by atoms with Crippen LogP contribution in [-0.2, 0) is 37.8 Å². The maximum absolute atomic E-state index is 13.0. The topological polar surface area (TPSA) is 298 Å². The number of anilines is 4. The van der Waals surface area contributed by atoms with Crippen molar-refractivity contribution in [2.24, 2.45) is 39.7 Å². The summed E-state index contributed by atoms with van der Waals surface area (Å²) in [4.78, 5) is 76.3. The van der Waals surface area contributed by atoms with Gasteiger partial charge in [0, 0.05) is 78.9 Å². The minimum absolute atomic E-state index is 0. The zero-order chi connectivity index (χ0) is 43.9. The van der Waals surface area contributed by atoms with Crippen molar-refractivity contribution in [1.29, 1.82) is 0 Å². The van der Waals surface area contributed by atoms with E-state index in [1.807, 2.05) is 0 Å². The van der Waals surface area contributed by atoms with Gasteiger partial charge in [-0.2, -0.15) is 0 Å². The molecule has 0 fully saturated rings. The van der Waals surface area contributed by atoms with Crippen LogP contribution < -0.4 is 79.0 Å². The largest absolute Gasteiger partial charge is 1.00 e. The molecule has 0 saturated heterocycles. The molecule has 0 bridgehead atoms. The molecule has 0 unspecified atom stereocenters. The summed E-state index contributed by atoms with van der Waals surface area (Å²) in [7, 11) is 6.79. The van der Waals surface area contributed by atoms with Crippen molar-refractivity contribution < 1.29 is 64.4 Å². The van der Waals surface area contributed by atoms with E-state index >= 15 is 0 Å². The fourth-order valence-corrected chi connectivity index (χ4v) is 6.37. The van der Waals surface area contributed by atoms with Crippen molar-refractivity contribution in [1.82, 2.24) is 28.9 Å². The zero-order valence-corrected chi connectivity index (χ0v) is 36.9. The number of carbonyl (C=O) groups is 6. The van der Waals surface area contributed by atoms with Crippen molar-refractivity contribution in [2.45, 2.75) is 64.2 Å². The number of nitrogens with zero attached hydrogens (tertiary/aromatic N) is 4. The molecule has 22 heteroatoms. The van der Waals surface area contributed by atoms with Gasteiger partial charge in [0.15, 0.2) is 0 Å². The van der Waals surface area contributed by atoms with Gasteiger partial charge in [-0.05, 0) is 37.1 Å². The number of halogens is 2. The number of amides is 6. The number of aromatic nitrogens is 4. The van der Waals surface area contributed by atoms with Crippen LogP contribution in [0.25, 0.3) is 0 Å². The molecule has 4 aromatic rings. The molecule has 0 radical (unpaired) electrons. The highest BCUT2D eigenvalue weighted by Gasteiger charge is 2.19. The second-order valence-electron chi connectivity index (χ2n) is 14.7. The molecular formula is C40H58Cl2N14O6. The van der Waals surface area contributed by atoms with E-state index in [9.17, 15) is 28.8 Å². The summed E-state index contributed by atoms with van der Waals surface area (Å²) in [6.45, 7) is 0.576. The van der Waals surface area contributed by atoms with Gasteiger partial charge in [0.2, 0.25) is 23.5 Å². The van der Waals surface area contributed by atoms with Crippen LogP contribution in [0, 0.1) is 0 Å². The molecular weight excluding hydrogens is 843 g/mol. The molecule has 4 aromatic heterocycles. The number of hydrogen-bond acceptors (Lipinski definition) is 6. The average molecular weight is 902 g/mol. The molecule has 62 heavy (non-hydrogen) atoms. The van der Waals surface area contributed by atoms with Gasteiger partial charge in [-0.3, -0.25) is 51.1 Å². The van der Waals surface area contributed by atoms with Crippen LogP contribution in [0.2, 0.25) is 0 Å². The fourth-order valence-electron chi connectivity index (χ4n) is 6.37. The zero-order valence-electron chi connectivity index (χ0n) is 35.4. The molecule has 0 spiro atoms. The lowest BCUT2D eigenvalue weighted by Crippen LogP contribution is -3.00. The van der Waals surface area contributed by atoms with E-state index in [-0.39, 0.29) is 73.2 Å². The molecule has 4 rings (SSSR count). The highest BCUT2D eigenvalue weighted by atomic mass is 35.5. The maximum Gasteiger partial charge on any atom is 0.272 e. The first kappa shape index (κ1) is 51.6. The number of hydrogen-bond donors (Lipinski definition) is 10. The number of unbranched alkanes of at least 4 members (excludes halogenated alkanes) is 5. The molecule has 20 nitrogen and oxygen atoms in total. The Kier molecular flexibility index (Phi) is 20.5. The molecule has 0 aliphatic carbocycles. The van der Waals surface area contributed by atoms with Gasteiger partial charge in [-0.25, -0.2) is 0 Å². The summed E-state index contributed by atoms with van der Waals surface area (Å²) in [6.07, 6.45) is 12.9. The first-order valence-corrected chi connectivity index (χ1v) is 19.7. The first-order valence-electron chi connectivity index (χ1n) is 19.7. The Balaban J connectivity index is 0.00000661. The highest BCUT2D eigenvalue weighted by Crippen LogP contribution is 2.20. The molecule has 0 aromatic carbocycles. The van der Waals surface area contributed by atoms with Crippen molar-refractivity contribution >= 4 is 69.9 Å². The van der Waals surface area contributed by atoms with Crippen LogP contribution in [0.4, 0.5) is 22.7 Å². The van der Waals surface area contributed by atoms with Crippen molar-refractivity contribution in [3.05, 3.63) is 71.8 Å². The third-order valence-corrected chi connectivity index (χ3v) is 9.49. The summed E-state index contributed by atoms with van der Waals surface area (Å²) < 4.78 is 6.42. The summed E-state index contributed by atoms with van der Waals surface area (Å²) in [5.74, 6) is -1.32. The highest BCUT2D eigenvalue weighted by molar-refractivity contribution is 6.06. The number of nitrogens with one attached hydrogen (secondary N) is 6. The van der Waals surface area contributed by atoms with Gasteiger partial charge < -0.3 is 75.0 Å². The first-order chi connectivity index (χ1) is 28.5. The Hall–Kier alpha value is -6.54. The molecule has 0 aliphatic heterocycles. The van der Waals surface area contributed by atoms with Crippen LogP contribution in [0.5, 0.6) is 0 Å². The van der Waals surface area contributed by atoms with Crippen LogP contribution in [0.1, 0.15) is 106 Å². The number of aryl methyl sites for hydroxylation is 4. The molecule has 0 aliphatic rings. The van der Waals surface area contributed by atoms with Gasteiger partial charge >= 0.3 is 0 Å². The second kappa shape index (κ2) is 24.7. The summed E-state index contributed by atoms with van der Waals surface area (Å²) in [5, 5.41) is 27.6. The average Bonchev–Trinajstić information content (AvgIpc) is 3.93. The Bertz CT molecular complexity index is 2080. The molecule has 338 valence electrons. The molecule has 4 heterocycles. The number of carbonyl (C=O) groups excluding carboxylic acids is 6. The fraction of sp³-hybridized carbons (Fsp3) is 0.400. The molecule has 6 amide bonds. The van der Waals surface area contributed by atoms with Gasteiger partial charge in [0.05, 0.1) is 35.6 Å². The Morgan fingerprint density at radius 1 is 0.452 bits per heavy atom.